The monoisotopic (exact) mass is 265 g/mol. The van der Waals surface area contributed by atoms with E-state index in [1.54, 1.807) is 0 Å². The molecule has 0 heterocycles. The van der Waals surface area contributed by atoms with Crippen LogP contribution in [0, 0.1) is 0 Å². The van der Waals surface area contributed by atoms with Crippen molar-refractivity contribution in [1.29, 1.82) is 0 Å². The van der Waals surface area contributed by atoms with E-state index in [1.807, 2.05) is 0 Å². The summed E-state index contributed by atoms with van der Waals surface area (Å²) in [4.78, 5) is 10.8. The van der Waals surface area contributed by atoms with Crippen LogP contribution < -0.4 is 10.5 Å². The maximum absolute atomic E-state index is 11.9. The van der Waals surface area contributed by atoms with Crippen LogP contribution >= 0.6 is 15.9 Å². The second kappa shape index (κ2) is 4.36. The van der Waals surface area contributed by atoms with Gasteiger partial charge in [-0.25, -0.2) is 0 Å². The van der Waals surface area contributed by atoms with E-state index in [9.17, 15) is 13.6 Å². The Morgan fingerprint density at radius 3 is 2.64 bits per heavy atom. The van der Waals surface area contributed by atoms with E-state index >= 15 is 0 Å². The third kappa shape index (κ3) is 2.66. The Morgan fingerprint density at radius 1 is 1.50 bits per heavy atom. The van der Waals surface area contributed by atoms with Crippen molar-refractivity contribution >= 4 is 21.8 Å². The number of amides is 1. The molecule has 0 fully saturated rings. The van der Waals surface area contributed by atoms with Crippen LogP contribution in [0.4, 0.5) is 8.78 Å². The van der Waals surface area contributed by atoms with Gasteiger partial charge in [0.1, 0.15) is 5.75 Å². The molecule has 6 heteroatoms. The first-order valence-electron chi connectivity index (χ1n) is 3.55. The summed E-state index contributed by atoms with van der Waals surface area (Å²) in [5, 5.41) is 0. The molecular formula is C8H6BrF2NO2. The fourth-order valence-corrected chi connectivity index (χ4v) is 1.25. The maximum Gasteiger partial charge on any atom is 0.387 e. The molecule has 0 saturated carbocycles. The minimum absolute atomic E-state index is 0.0836. The smallest absolute Gasteiger partial charge is 0.387 e. The number of hydrogen-bond acceptors (Lipinski definition) is 2. The SMILES string of the molecule is NC(=O)c1cc(Br)ccc1OC(F)F. The zero-order valence-electron chi connectivity index (χ0n) is 6.84. The third-order valence-corrected chi connectivity index (χ3v) is 1.92. The van der Waals surface area contributed by atoms with Gasteiger partial charge in [0.05, 0.1) is 5.56 Å². The molecule has 0 spiro atoms. The van der Waals surface area contributed by atoms with Gasteiger partial charge in [-0.05, 0) is 18.2 Å². The second-order valence-corrected chi connectivity index (χ2v) is 3.30. The summed E-state index contributed by atoms with van der Waals surface area (Å²) in [6.45, 7) is -2.98. The van der Waals surface area contributed by atoms with Gasteiger partial charge in [0.25, 0.3) is 5.91 Å². The Hall–Kier alpha value is -1.17. The largest absolute Gasteiger partial charge is 0.434 e. The molecule has 14 heavy (non-hydrogen) atoms. The number of carbonyl (C=O) groups excluding carboxylic acids is 1. The predicted molar refractivity (Wildman–Crippen MR) is 49.3 cm³/mol. The molecule has 1 aromatic carbocycles. The fraction of sp³-hybridized carbons (Fsp3) is 0.125. The number of rotatable bonds is 3. The zero-order chi connectivity index (χ0) is 10.7. The molecule has 1 aromatic rings. The molecule has 0 aliphatic rings. The molecule has 3 nitrogen and oxygen atoms in total. The minimum Gasteiger partial charge on any atom is -0.434 e. The van der Waals surface area contributed by atoms with Crippen molar-refractivity contribution in [3.05, 3.63) is 28.2 Å². The Morgan fingerprint density at radius 2 is 2.14 bits per heavy atom. The number of benzene rings is 1. The van der Waals surface area contributed by atoms with E-state index in [0.29, 0.717) is 4.47 Å². The van der Waals surface area contributed by atoms with Gasteiger partial charge >= 0.3 is 6.61 Å². The molecule has 2 N–H and O–H groups in total. The summed E-state index contributed by atoms with van der Waals surface area (Å²) >= 11 is 3.08. The maximum atomic E-state index is 11.9. The van der Waals surface area contributed by atoms with Crippen molar-refractivity contribution in [3.63, 3.8) is 0 Å². The van der Waals surface area contributed by atoms with Gasteiger partial charge in [-0.15, -0.1) is 0 Å². The van der Waals surface area contributed by atoms with Crippen molar-refractivity contribution in [2.24, 2.45) is 5.73 Å². The quantitative estimate of drug-likeness (QED) is 0.911. The molecular weight excluding hydrogens is 260 g/mol. The Kier molecular flexibility index (Phi) is 3.40. The van der Waals surface area contributed by atoms with Crippen LogP contribution in [-0.4, -0.2) is 12.5 Å². The topological polar surface area (TPSA) is 52.3 Å². The fourth-order valence-electron chi connectivity index (χ4n) is 0.894. The van der Waals surface area contributed by atoms with E-state index < -0.39 is 12.5 Å². The summed E-state index contributed by atoms with van der Waals surface area (Å²) in [5.41, 5.74) is 4.89. The molecule has 1 amide bonds. The molecule has 0 aromatic heterocycles. The van der Waals surface area contributed by atoms with Gasteiger partial charge in [-0.3, -0.25) is 4.79 Å². The first-order valence-corrected chi connectivity index (χ1v) is 4.34. The third-order valence-electron chi connectivity index (χ3n) is 1.42. The lowest BCUT2D eigenvalue weighted by molar-refractivity contribution is -0.0501. The number of halogens is 3. The van der Waals surface area contributed by atoms with Crippen molar-refractivity contribution in [3.8, 4) is 5.75 Å². The Bertz CT molecular complexity index is 357. The van der Waals surface area contributed by atoms with Gasteiger partial charge in [0.2, 0.25) is 0 Å². The zero-order valence-corrected chi connectivity index (χ0v) is 8.42. The van der Waals surface area contributed by atoms with E-state index in [0.717, 1.165) is 0 Å². The lowest BCUT2D eigenvalue weighted by atomic mass is 10.2. The van der Waals surface area contributed by atoms with Crippen LogP contribution in [0.1, 0.15) is 10.4 Å². The highest BCUT2D eigenvalue weighted by atomic mass is 79.9. The number of ether oxygens (including phenoxy) is 1. The summed E-state index contributed by atoms with van der Waals surface area (Å²) in [5.74, 6) is -1.04. The standard InChI is InChI=1S/C8H6BrF2NO2/c9-4-1-2-6(14-8(10)11)5(3-4)7(12)13/h1-3,8H,(H2,12,13). The number of carbonyl (C=O) groups is 1. The molecule has 0 radical (unpaired) electrons. The van der Waals surface area contributed by atoms with Crippen LogP contribution in [-0.2, 0) is 0 Å². The number of hydrogen-bond donors (Lipinski definition) is 1. The van der Waals surface area contributed by atoms with Gasteiger partial charge in [-0.1, -0.05) is 15.9 Å². The van der Waals surface area contributed by atoms with Gasteiger partial charge in [0.15, 0.2) is 0 Å². The molecule has 0 aliphatic heterocycles. The van der Waals surface area contributed by atoms with Crippen LogP contribution in [0.2, 0.25) is 0 Å². The molecule has 0 aliphatic carbocycles. The van der Waals surface area contributed by atoms with Crippen molar-refractivity contribution in [2.45, 2.75) is 6.61 Å². The number of primary amides is 1. The lowest BCUT2D eigenvalue weighted by Gasteiger charge is -2.08. The highest BCUT2D eigenvalue weighted by molar-refractivity contribution is 9.10. The van der Waals surface area contributed by atoms with Gasteiger partial charge in [0, 0.05) is 4.47 Å². The highest BCUT2D eigenvalue weighted by Crippen LogP contribution is 2.24. The van der Waals surface area contributed by atoms with E-state index in [1.165, 1.54) is 18.2 Å². The van der Waals surface area contributed by atoms with Crippen LogP contribution in [0.5, 0.6) is 5.75 Å². The number of nitrogens with two attached hydrogens (primary N) is 1. The molecule has 0 bridgehead atoms. The molecule has 76 valence electrons. The summed E-state index contributed by atoms with van der Waals surface area (Å²) in [6, 6.07) is 4.04. The van der Waals surface area contributed by atoms with Crippen molar-refractivity contribution < 1.29 is 18.3 Å². The van der Waals surface area contributed by atoms with Crippen LogP contribution in [0.15, 0.2) is 22.7 Å². The number of alkyl halides is 2. The normalized spacial score (nSPS) is 10.3. The molecule has 0 unspecified atom stereocenters. The van der Waals surface area contributed by atoms with E-state index in [4.69, 9.17) is 5.73 Å². The summed E-state index contributed by atoms with van der Waals surface area (Å²) < 4.78 is 28.4. The average Bonchev–Trinajstić information content (AvgIpc) is 2.07. The summed E-state index contributed by atoms with van der Waals surface area (Å²) in [6.07, 6.45) is 0. The second-order valence-electron chi connectivity index (χ2n) is 2.38. The summed E-state index contributed by atoms with van der Waals surface area (Å²) in [7, 11) is 0. The molecule has 0 saturated heterocycles. The first kappa shape index (κ1) is 10.9. The van der Waals surface area contributed by atoms with Gasteiger partial charge < -0.3 is 10.5 Å². The lowest BCUT2D eigenvalue weighted by Crippen LogP contribution is -2.14. The predicted octanol–water partition coefficient (Wildman–Crippen LogP) is 2.15. The van der Waals surface area contributed by atoms with E-state index in [2.05, 4.69) is 20.7 Å². The highest BCUT2D eigenvalue weighted by Gasteiger charge is 2.13. The van der Waals surface area contributed by atoms with Gasteiger partial charge in [-0.2, -0.15) is 8.78 Å². The minimum atomic E-state index is -2.98. The van der Waals surface area contributed by atoms with Crippen LogP contribution in [0.3, 0.4) is 0 Å². The molecule has 0 atom stereocenters. The average molecular weight is 266 g/mol. The van der Waals surface area contributed by atoms with Crippen molar-refractivity contribution in [1.82, 2.24) is 0 Å². The van der Waals surface area contributed by atoms with Crippen LogP contribution in [0.25, 0.3) is 0 Å². The van der Waals surface area contributed by atoms with E-state index in [-0.39, 0.29) is 11.3 Å². The first-order chi connectivity index (χ1) is 6.50. The molecule has 1 rings (SSSR count). The Labute approximate surface area is 87.0 Å². The Balaban J connectivity index is 3.08. The van der Waals surface area contributed by atoms with Crippen molar-refractivity contribution in [2.75, 3.05) is 0 Å².